The number of carbonyl (C=O) groups is 1. The van der Waals surface area contributed by atoms with Gasteiger partial charge in [-0.05, 0) is 30.5 Å². The number of pyridine rings is 1. The molecule has 0 bridgehead atoms. The topological polar surface area (TPSA) is 62.5 Å². The van der Waals surface area contributed by atoms with E-state index >= 15 is 0 Å². The average molecular weight is 342 g/mol. The molecular weight excluding hydrogens is 316 g/mol. The van der Waals surface area contributed by atoms with Crippen molar-refractivity contribution in [2.24, 2.45) is 0 Å². The number of rotatable bonds is 7. The molecule has 25 heavy (non-hydrogen) atoms. The minimum Gasteiger partial charge on any atom is -0.444 e. The summed E-state index contributed by atoms with van der Waals surface area (Å²) in [5.41, 5.74) is 1.30. The van der Waals surface area contributed by atoms with Crippen LogP contribution < -0.4 is 0 Å². The van der Waals surface area contributed by atoms with Gasteiger partial charge in [0.2, 0.25) is 11.8 Å². The lowest BCUT2D eigenvalue weighted by atomic mass is 10.2. The molecular formula is C19H26N4O2. The summed E-state index contributed by atoms with van der Waals surface area (Å²) in [4.78, 5) is 24.8. The molecule has 0 unspecified atom stereocenters. The highest BCUT2D eigenvalue weighted by molar-refractivity contribution is 5.73. The molecule has 1 aliphatic heterocycles. The summed E-state index contributed by atoms with van der Waals surface area (Å²) in [6.07, 6.45) is 8.25. The van der Waals surface area contributed by atoms with Crippen molar-refractivity contribution in [3.05, 3.63) is 47.9 Å². The van der Waals surface area contributed by atoms with Gasteiger partial charge in [0.15, 0.2) is 0 Å². The second kappa shape index (κ2) is 8.25. The largest absolute Gasteiger partial charge is 0.444 e. The quantitative estimate of drug-likeness (QED) is 0.772. The molecule has 0 spiro atoms. The van der Waals surface area contributed by atoms with Crippen molar-refractivity contribution < 1.29 is 9.21 Å². The third-order valence-electron chi connectivity index (χ3n) is 4.81. The molecule has 6 nitrogen and oxygen atoms in total. The first-order valence-electron chi connectivity index (χ1n) is 8.97. The second-order valence-electron chi connectivity index (χ2n) is 6.57. The van der Waals surface area contributed by atoms with Crippen molar-refractivity contribution in [2.75, 3.05) is 19.6 Å². The summed E-state index contributed by atoms with van der Waals surface area (Å²) >= 11 is 0. The van der Waals surface area contributed by atoms with E-state index in [4.69, 9.17) is 4.42 Å². The SMILES string of the molecule is CCc1cnc(CN(C(C)=O)[C@@H]2CCN(CCc3ccncc3)C2)o1. The predicted octanol–water partition coefficient (Wildman–Crippen LogP) is 2.30. The van der Waals surface area contributed by atoms with Crippen molar-refractivity contribution in [2.45, 2.75) is 45.7 Å². The third kappa shape index (κ3) is 4.66. The lowest BCUT2D eigenvalue weighted by Crippen LogP contribution is -2.40. The van der Waals surface area contributed by atoms with E-state index in [1.807, 2.05) is 24.2 Å². The first kappa shape index (κ1) is 17.6. The summed E-state index contributed by atoms with van der Waals surface area (Å²) in [5.74, 6) is 1.57. The van der Waals surface area contributed by atoms with Crippen LogP contribution in [0.15, 0.2) is 35.1 Å². The molecule has 1 aliphatic rings. The van der Waals surface area contributed by atoms with E-state index in [1.165, 1.54) is 5.56 Å². The highest BCUT2D eigenvalue weighted by Crippen LogP contribution is 2.19. The number of likely N-dealkylation sites (tertiary alicyclic amines) is 1. The maximum atomic E-state index is 12.1. The van der Waals surface area contributed by atoms with Gasteiger partial charge in [0, 0.05) is 51.4 Å². The first-order chi connectivity index (χ1) is 12.2. The van der Waals surface area contributed by atoms with Gasteiger partial charge in [-0.15, -0.1) is 0 Å². The van der Waals surface area contributed by atoms with Crippen molar-refractivity contribution in [3.63, 3.8) is 0 Å². The van der Waals surface area contributed by atoms with Crippen LogP contribution in [0.5, 0.6) is 0 Å². The number of aryl methyl sites for hydroxylation is 1. The Hall–Kier alpha value is -2.21. The van der Waals surface area contributed by atoms with E-state index in [9.17, 15) is 4.79 Å². The Morgan fingerprint density at radius 2 is 2.20 bits per heavy atom. The summed E-state index contributed by atoms with van der Waals surface area (Å²) < 4.78 is 5.68. The molecule has 0 saturated carbocycles. The minimum atomic E-state index is 0.0808. The lowest BCUT2D eigenvalue weighted by molar-refractivity contribution is -0.132. The van der Waals surface area contributed by atoms with Crippen LogP contribution >= 0.6 is 0 Å². The van der Waals surface area contributed by atoms with Crippen LogP contribution in [0.1, 0.15) is 37.5 Å². The second-order valence-corrected chi connectivity index (χ2v) is 6.57. The molecule has 1 atom stereocenters. The summed E-state index contributed by atoms with van der Waals surface area (Å²) in [5, 5.41) is 0. The predicted molar refractivity (Wildman–Crippen MR) is 94.9 cm³/mol. The molecule has 0 aromatic carbocycles. The Labute approximate surface area is 148 Å². The molecule has 134 valence electrons. The van der Waals surface area contributed by atoms with E-state index in [2.05, 4.69) is 27.0 Å². The third-order valence-corrected chi connectivity index (χ3v) is 4.81. The van der Waals surface area contributed by atoms with E-state index < -0.39 is 0 Å². The van der Waals surface area contributed by atoms with Gasteiger partial charge in [0.1, 0.15) is 5.76 Å². The average Bonchev–Trinajstić information content (AvgIpc) is 3.27. The monoisotopic (exact) mass is 342 g/mol. The highest BCUT2D eigenvalue weighted by atomic mass is 16.4. The molecule has 0 aliphatic carbocycles. The minimum absolute atomic E-state index is 0.0808. The Morgan fingerprint density at radius 3 is 2.88 bits per heavy atom. The van der Waals surface area contributed by atoms with Crippen LogP contribution in [0.4, 0.5) is 0 Å². The van der Waals surface area contributed by atoms with Crippen molar-refractivity contribution in [1.29, 1.82) is 0 Å². The number of nitrogens with zero attached hydrogens (tertiary/aromatic N) is 4. The lowest BCUT2D eigenvalue weighted by Gasteiger charge is -2.27. The normalized spacial score (nSPS) is 17.8. The highest BCUT2D eigenvalue weighted by Gasteiger charge is 2.30. The molecule has 3 heterocycles. The molecule has 1 amide bonds. The molecule has 0 radical (unpaired) electrons. The van der Waals surface area contributed by atoms with Gasteiger partial charge in [-0.25, -0.2) is 4.98 Å². The van der Waals surface area contributed by atoms with E-state index in [0.717, 1.165) is 44.7 Å². The van der Waals surface area contributed by atoms with Crippen LogP contribution in [-0.2, 0) is 24.2 Å². The van der Waals surface area contributed by atoms with Gasteiger partial charge in [0.25, 0.3) is 0 Å². The first-order valence-corrected chi connectivity index (χ1v) is 8.97. The summed E-state index contributed by atoms with van der Waals surface area (Å²) in [6.45, 7) is 7.05. The van der Waals surface area contributed by atoms with Crippen LogP contribution in [0.2, 0.25) is 0 Å². The van der Waals surface area contributed by atoms with Gasteiger partial charge >= 0.3 is 0 Å². The number of hydrogen-bond acceptors (Lipinski definition) is 5. The molecule has 2 aromatic rings. The van der Waals surface area contributed by atoms with E-state index in [-0.39, 0.29) is 11.9 Å². The fourth-order valence-electron chi connectivity index (χ4n) is 3.33. The number of amides is 1. The van der Waals surface area contributed by atoms with E-state index in [1.54, 1.807) is 13.1 Å². The Balaban J connectivity index is 1.55. The molecule has 1 saturated heterocycles. The maximum absolute atomic E-state index is 12.1. The number of carbonyl (C=O) groups excluding carboxylic acids is 1. The van der Waals surface area contributed by atoms with Crippen LogP contribution in [0, 0.1) is 0 Å². The standard InChI is InChI=1S/C19H26N4O2/c1-3-18-12-21-19(25-18)14-23(15(2)24)17-7-11-22(13-17)10-6-16-4-8-20-9-5-16/h4-5,8-9,12,17H,3,6-7,10-11,13-14H2,1-2H3/t17-/m1/s1. The zero-order chi connectivity index (χ0) is 17.6. The molecule has 2 aromatic heterocycles. The van der Waals surface area contributed by atoms with E-state index in [0.29, 0.717) is 12.4 Å². The summed E-state index contributed by atoms with van der Waals surface area (Å²) in [7, 11) is 0. The summed E-state index contributed by atoms with van der Waals surface area (Å²) in [6, 6.07) is 4.35. The zero-order valence-corrected chi connectivity index (χ0v) is 15.0. The van der Waals surface area contributed by atoms with Gasteiger partial charge in [-0.3, -0.25) is 9.78 Å². The fraction of sp³-hybridized carbons (Fsp3) is 0.526. The maximum Gasteiger partial charge on any atom is 0.220 e. The van der Waals surface area contributed by atoms with Gasteiger partial charge in [-0.2, -0.15) is 0 Å². The Bertz CT molecular complexity index is 686. The van der Waals surface area contributed by atoms with Crippen molar-refractivity contribution in [3.8, 4) is 0 Å². The molecule has 6 heteroatoms. The number of oxazole rings is 1. The smallest absolute Gasteiger partial charge is 0.220 e. The molecule has 0 N–H and O–H groups in total. The van der Waals surface area contributed by atoms with Crippen LogP contribution in [0.25, 0.3) is 0 Å². The fourth-order valence-corrected chi connectivity index (χ4v) is 3.33. The van der Waals surface area contributed by atoms with Crippen LogP contribution in [-0.4, -0.2) is 51.4 Å². The van der Waals surface area contributed by atoms with Crippen molar-refractivity contribution >= 4 is 5.91 Å². The van der Waals surface area contributed by atoms with Gasteiger partial charge in [-0.1, -0.05) is 6.92 Å². The Kier molecular flexibility index (Phi) is 5.81. The van der Waals surface area contributed by atoms with Gasteiger partial charge in [0.05, 0.1) is 12.7 Å². The number of aromatic nitrogens is 2. The molecule has 1 fully saturated rings. The van der Waals surface area contributed by atoms with Gasteiger partial charge < -0.3 is 14.2 Å². The zero-order valence-electron chi connectivity index (χ0n) is 15.0. The van der Waals surface area contributed by atoms with Crippen LogP contribution in [0.3, 0.4) is 0 Å². The number of hydrogen-bond donors (Lipinski definition) is 0. The Morgan fingerprint density at radius 1 is 1.40 bits per heavy atom. The molecule has 3 rings (SSSR count). The van der Waals surface area contributed by atoms with Crippen molar-refractivity contribution in [1.82, 2.24) is 19.8 Å².